The van der Waals surface area contributed by atoms with Gasteiger partial charge in [-0.3, -0.25) is 9.89 Å². The zero-order valence-electron chi connectivity index (χ0n) is 10.4. The number of halogens is 2. The van der Waals surface area contributed by atoms with Gasteiger partial charge in [0.25, 0.3) is 5.91 Å². The molecule has 1 N–H and O–H groups in total. The van der Waals surface area contributed by atoms with E-state index in [1.165, 1.54) is 17.3 Å². The molecule has 0 aliphatic carbocycles. The number of rotatable bonds is 3. The van der Waals surface area contributed by atoms with Crippen LogP contribution >= 0.6 is 0 Å². The van der Waals surface area contributed by atoms with Crippen molar-refractivity contribution in [1.82, 2.24) is 20.1 Å². The highest BCUT2D eigenvalue weighted by atomic mass is 19.2. The summed E-state index contributed by atoms with van der Waals surface area (Å²) >= 11 is 0. The molecule has 5 nitrogen and oxygen atoms in total. The van der Waals surface area contributed by atoms with Gasteiger partial charge in [-0.1, -0.05) is 6.07 Å². The minimum absolute atomic E-state index is 0.0944. The average molecular weight is 266 g/mol. The van der Waals surface area contributed by atoms with E-state index in [1.807, 2.05) is 0 Å². The van der Waals surface area contributed by atoms with Gasteiger partial charge in [-0.15, -0.1) is 0 Å². The number of aromatic nitrogens is 3. The zero-order chi connectivity index (χ0) is 14.0. The molecule has 0 fully saturated rings. The van der Waals surface area contributed by atoms with Gasteiger partial charge in [-0.05, 0) is 24.6 Å². The maximum atomic E-state index is 13.2. The Balaban J connectivity index is 2.21. The summed E-state index contributed by atoms with van der Waals surface area (Å²) in [5.41, 5.74) is 0.495. The summed E-state index contributed by atoms with van der Waals surface area (Å²) in [5, 5.41) is 6.05. The van der Waals surface area contributed by atoms with Gasteiger partial charge in [0.2, 0.25) is 5.82 Å². The van der Waals surface area contributed by atoms with E-state index in [2.05, 4.69) is 15.2 Å². The predicted molar refractivity (Wildman–Crippen MR) is 63.2 cm³/mol. The summed E-state index contributed by atoms with van der Waals surface area (Å²) in [6.07, 6.45) is 1.23. The lowest BCUT2D eigenvalue weighted by molar-refractivity contribution is 0.0730. The van der Waals surface area contributed by atoms with Crippen molar-refractivity contribution in [3.63, 3.8) is 0 Å². The Kier molecular flexibility index (Phi) is 3.55. The number of nitrogens with zero attached hydrogens (tertiary/aromatic N) is 3. The summed E-state index contributed by atoms with van der Waals surface area (Å²) in [5.74, 6) is -2.14. The van der Waals surface area contributed by atoms with E-state index >= 15 is 0 Å². The van der Waals surface area contributed by atoms with Crippen LogP contribution in [-0.4, -0.2) is 33.0 Å². The van der Waals surface area contributed by atoms with E-state index in [0.717, 1.165) is 12.1 Å². The predicted octanol–water partition coefficient (Wildman–Crippen LogP) is 1.92. The Labute approximate surface area is 108 Å². The number of hydrogen-bond acceptors (Lipinski definition) is 3. The van der Waals surface area contributed by atoms with Gasteiger partial charge in [0, 0.05) is 7.05 Å². The molecule has 0 spiro atoms. The normalized spacial score (nSPS) is 12.2. The number of aromatic amines is 1. The van der Waals surface area contributed by atoms with Crippen molar-refractivity contribution in [1.29, 1.82) is 0 Å². The molecule has 19 heavy (non-hydrogen) atoms. The zero-order valence-corrected chi connectivity index (χ0v) is 10.4. The molecule has 100 valence electrons. The van der Waals surface area contributed by atoms with Crippen LogP contribution in [0.4, 0.5) is 8.78 Å². The second-order valence-electron chi connectivity index (χ2n) is 4.10. The van der Waals surface area contributed by atoms with Gasteiger partial charge >= 0.3 is 0 Å². The molecular formula is C12H12F2N4O. The Hall–Kier alpha value is -2.31. The fourth-order valence-electron chi connectivity index (χ4n) is 1.65. The van der Waals surface area contributed by atoms with Gasteiger partial charge < -0.3 is 4.90 Å². The van der Waals surface area contributed by atoms with Gasteiger partial charge in [-0.25, -0.2) is 13.8 Å². The molecule has 1 unspecified atom stereocenters. The van der Waals surface area contributed by atoms with Crippen molar-refractivity contribution in [3.8, 4) is 0 Å². The van der Waals surface area contributed by atoms with Crippen LogP contribution in [0.25, 0.3) is 0 Å². The number of benzene rings is 1. The Morgan fingerprint density at radius 3 is 2.68 bits per heavy atom. The molecule has 0 saturated carbocycles. The lowest BCUT2D eigenvalue weighted by Crippen LogP contribution is -2.30. The number of hydrogen-bond donors (Lipinski definition) is 1. The first-order valence-electron chi connectivity index (χ1n) is 5.58. The van der Waals surface area contributed by atoms with Crippen LogP contribution in [0.5, 0.6) is 0 Å². The van der Waals surface area contributed by atoms with E-state index < -0.39 is 17.7 Å². The summed E-state index contributed by atoms with van der Waals surface area (Å²) in [4.78, 5) is 17.1. The minimum atomic E-state index is -0.940. The highest BCUT2D eigenvalue weighted by molar-refractivity contribution is 5.90. The Morgan fingerprint density at radius 1 is 1.37 bits per heavy atom. The SMILES string of the molecule is CC(c1ccc(F)c(F)c1)N(C)C(=O)c1ncn[nH]1. The highest BCUT2D eigenvalue weighted by Gasteiger charge is 2.21. The molecular weight excluding hydrogens is 254 g/mol. The second kappa shape index (κ2) is 5.13. The lowest BCUT2D eigenvalue weighted by Gasteiger charge is -2.24. The summed E-state index contributed by atoms with van der Waals surface area (Å²) < 4.78 is 26.0. The molecule has 0 bridgehead atoms. The van der Waals surface area contributed by atoms with Crippen molar-refractivity contribution >= 4 is 5.91 Å². The van der Waals surface area contributed by atoms with Gasteiger partial charge in [0.05, 0.1) is 6.04 Å². The molecule has 1 aromatic carbocycles. The smallest absolute Gasteiger partial charge is 0.291 e. The molecule has 1 amide bonds. The molecule has 7 heteroatoms. The van der Waals surface area contributed by atoms with Crippen LogP contribution in [-0.2, 0) is 0 Å². The molecule has 0 saturated heterocycles. The standard InChI is InChI=1S/C12H12F2N4O/c1-7(8-3-4-9(13)10(14)5-8)18(2)12(19)11-15-6-16-17-11/h3-7H,1-2H3,(H,15,16,17). The third kappa shape index (κ3) is 2.59. The molecule has 1 aromatic heterocycles. The molecule has 0 aliphatic rings. The van der Waals surface area contributed by atoms with Crippen LogP contribution in [0.3, 0.4) is 0 Å². The first-order chi connectivity index (χ1) is 9.00. The lowest BCUT2D eigenvalue weighted by atomic mass is 10.1. The Bertz CT molecular complexity index is 585. The fraction of sp³-hybridized carbons (Fsp3) is 0.250. The minimum Gasteiger partial charge on any atom is -0.332 e. The van der Waals surface area contributed by atoms with Crippen molar-refractivity contribution in [3.05, 3.63) is 47.5 Å². The molecule has 0 aliphatic heterocycles. The van der Waals surface area contributed by atoms with E-state index in [1.54, 1.807) is 14.0 Å². The van der Waals surface area contributed by atoms with Gasteiger partial charge in [0.1, 0.15) is 6.33 Å². The van der Waals surface area contributed by atoms with Gasteiger partial charge in [-0.2, -0.15) is 5.10 Å². The fourth-order valence-corrected chi connectivity index (χ4v) is 1.65. The Morgan fingerprint density at radius 2 is 2.11 bits per heavy atom. The molecule has 1 atom stereocenters. The summed E-state index contributed by atoms with van der Waals surface area (Å²) in [6, 6.07) is 3.12. The van der Waals surface area contributed by atoms with Crippen molar-refractivity contribution in [2.24, 2.45) is 0 Å². The van der Waals surface area contributed by atoms with Crippen molar-refractivity contribution < 1.29 is 13.6 Å². The third-order valence-electron chi connectivity index (χ3n) is 2.94. The number of amides is 1. The summed E-state index contributed by atoms with van der Waals surface area (Å²) in [6.45, 7) is 1.71. The van der Waals surface area contributed by atoms with E-state index in [4.69, 9.17) is 0 Å². The van der Waals surface area contributed by atoms with E-state index in [9.17, 15) is 13.6 Å². The maximum absolute atomic E-state index is 13.2. The number of H-pyrrole nitrogens is 1. The molecule has 2 rings (SSSR count). The van der Waals surface area contributed by atoms with Crippen LogP contribution in [0.1, 0.15) is 29.1 Å². The first kappa shape index (κ1) is 13.1. The van der Waals surface area contributed by atoms with E-state index in [-0.39, 0.29) is 11.7 Å². The monoisotopic (exact) mass is 266 g/mol. The largest absolute Gasteiger partial charge is 0.332 e. The van der Waals surface area contributed by atoms with Crippen LogP contribution in [0, 0.1) is 11.6 Å². The summed E-state index contributed by atoms with van der Waals surface area (Å²) in [7, 11) is 1.55. The van der Waals surface area contributed by atoms with Crippen LogP contribution in [0.2, 0.25) is 0 Å². The number of carbonyl (C=O) groups excluding carboxylic acids is 1. The van der Waals surface area contributed by atoms with Crippen LogP contribution < -0.4 is 0 Å². The number of carbonyl (C=O) groups is 1. The maximum Gasteiger partial charge on any atom is 0.291 e. The molecule has 1 heterocycles. The quantitative estimate of drug-likeness (QED) is 0.923. The van der Waals surface area contributed by atoms with Crippen LogP contribution in [0.15, 0.2) is 24.5 Å². The molecule has 2 aromatic rings. The second-order valence-corrected chi connectivity index (χ2v) is 4.10. The highest BCUT2D eigenvalue weighted by Crippen LogP contribution is 2.21. The van der Waals surface area contributed by atoms with Crippen molar-refractivity contribution in [2.75, 3.05) is 7.05 Å². The number of nitrogens with one attached hydrogen (secondary N) is 1. The van der Waals surface area contributed by atoms with Crippen molar-refractivity contribution in [2.45, 2.75) is 13.0 Å². The first-order valence-corrected chi connectivity index (χ1v) is 5.58. The van der Waals surface area contributed by atoms with E-state index in [0.29, 0.717) is 5.56 Å². The average Bonchev–Trinajstić information content (AvgIpc) is 2.93. The topological polar surface area (TPSA) is 61.9 Å². The van der Waals surface area contributed by atoms with Gasteiger partial charge in [0.15, 0.2) is 11.6 Å². The molecule has 0 radical (unpaired) electrons. The third-order valence-corrected chi connectivity index (χ3v) is 2.94.